The second-order valence-electron chi connectivity index (χ2n) is 9.68. The molecular formula is C27H30F5O. The lowest BCUT2D eigenvalue weighted by Gasteiger charge is -2.38. The Labute approximate surface area is 192 Å². The van der Waals surface area contributed by atoms with Crippen LogP contribution in [0.15, 0.2) is 18.2 Å². The van der Waals surface area contributed by atoms with Gasteiger partial charge in [-0.3, -0.25) is 0 Å². The topological polar surface area (TPSA) is 9.23 Å². The Kier molecular flexibility index (Phi) is 7.60. The lowest BCUT2D eigenvalue weighted by Crippen LogP contribution is -2.26. The highest BCUT2D eigenvalue weighted by Gasteiger charge is 2.33. The maximum Gasteiger partial charge on any atom is 0.194 e. The van der Waals surface area contributed by atoms with Crippen LogP contribution in [0.3, 0.4) is 0 Å². The van der Waals surface area contributed by atoms with E-state index in [1.807, 2.05) is 0 Å². The van der Waals surface area contributed by atoms with Crippen LogP contribution in [-0.2, 0) is 0 Å². The highest BCUT2D eigenvalue weighted by Crippen LogP contribution is 2.46. The zero-order valence-electron chi connectivity index (χ0n) is 18.9. The SMILES string of the molecule is CCC[C@H]1CC[C@H](C2CCC(c3c(F)c[c]c(Oc4cc(F)c(F)c(F)c4)c3F)CC2)CC1. The van der Waals surface area contributed by atoms with Gasteiger partial charge in [0.15, 0.2) is 29.0 Å². The zero-order chi connectivity index (χ0) is 23.5. The predicted molar refractivity (Wildman–Crippen MR) is 117 cm³/mol. The first-order valence-electron chi connectivity index (χ1n) is 12.1. The van der Waals surface area contributed by atoms with E-state index in [4.69, 9.17) is 4.74 Å². The molecule has 0 spiro atoms. The van der Waals surface area contributed by atoms with Crippen LogP contribution in [0, 0.1) is 52.9 Å². The summed E-state index contributed by atoms with van der Waals surface area (Å²) < 4.78 is 75.1. The van der Waals surface area contributed by atoms with Crippen LogP contribution >= 0.6 is 0 Å². The van der Waals surface area contributed by atoms with Crippen LogP contribution in [-0.4, -0.2) is 0 Å². The van der Waals surface area contributed by atoms with Gasteiger partial charge in [-0.2, -0.15) is 0 Å². The standard InChI is InChI=1S/C27H30F5O/c1-2-3-16-4-6-17(7-5-16)18-8-10-19(11-9-18)25-21(28)12-13-24(27(25)32)33-20-14-22(29)26(31)23(30)15-20/h12,14-19H,2-11H2,1H3/t16-,17-,18?,19?. The monoisotopic (exact) mass is 465 g/mol. The Balaban J connectivity index is 1.43. The maximum absolute atomic E-state index is 15.2. The molecule has 179 valence electrons. The fraction of sp³-hybridized carbons (Fsp3) is 0.556. The molecule has 0 amide bonds. The molecule has 0 saturated heterocycles. The van der Waals surface area contributed by atoms with Gasteiger partial charge in [-0.1, -0.05) is 32.6 Å². The van der Waals surface area contributed by atoms with Crippen LogP contribution in [0.2, 0.25) is 0 Å². The minimum atomic E-state index is -1.64. The molecule has 33 heavy (non-hydrogen) atoms. The Morgan fingerprint density at radius 2 is 1.36 bits per heavy atom. The van der Waals surface area contributed by atoms with E-state index in [2.05, 4.69) is 13.0 Å². The van der Waals surface area contributed by atoms with Gasteiger partial charge in [0, 0.05) is 23.8 Å². The van der Waals surface area contributed by atoms with E-state index in [1.165, 1.54) is 38.5 Å². The van der Waals surface area contributed by atoms with Gasteiger partial charge in [0.05, 0.1) is 0 Å². The van der Waals surface area contributed by atoms with Gasteiger partial charge in [0.1, 0.15) is 11.6 Å². The van der Waals surface area contributed by atoms with Crippen LogP contribution in [0.1, 0.15) is 82.6 Å². The first-order valence-corrected chi connectivity index (χ1v) is 12.1. The molecule has 0 aromatic heterocycles. The summed E-state index contributed by atoms with van der Waals surface area (Å²) in [5.74, 6) is -5.12. The third-order valence-electron chi connectivity index (χ3n) is 7.64. The smallest absolute Gasteiger partial charge is 0.194 e. The molecule has 0 bridgehead atoms. The Morgan fingerprint density at radius 1 is 0.788 bits per heavy atom. The quantitative estimate of drug-likeness (QED) is 0.306. The molecule has 2 aliphatic rings. The lowest BCUT2D eigenvalue weighted by atomic mass is 9.68. The van der Waals surface area contributed by atoms with Crippen molar-refractivity contribution in [1.29, 1.82) is 0 Å². The molecule has 2 saturated carbocycles. The normalized spacial score (nSPS) is 25.8. The van der Waals surface area contributed by atoms with Gasteiger partial charge in [0.25, 0.3) is 0 Å². The molecule has 1 radical (unpaired) electrons. The molecule has 4 rings (SSSR count). The fourth-order valence-corrected chi connectivity index (χ4v) is 5.89. The summed E-state index contributed by atoms with van der Waals surface area (Å²) in [6.45, 7) is 2.24. The van der Waals surface area contributed by atoms with Crippen molar-refractivity contribution in [1.82, 2.24) is 0 Å². The summed E-state index contributed by atoms with van der Waals surface area (Å²) in [4.78, 5) is 0. The van der Waals surface area contributed by atoms with Gasteiger partial charge >= 0.3 is 0 Å². The lowest BCUT2D eigenvalue weighted by molar-refractivity contribution is 0.155. The van der Waals surface area contributed by atoms with E-state index in [1.54, 1.807) is 0 Å². The van der Waals surface area contributed by atoms with E-state index < -0.39 is 40.6 Å². The summed E-state index contributed by atoms with van der Waals surface area (Å²) in [5.41, 5.74) is -0.0584. The van der Waals surface area contributed by atoms with E-state index in [0.717, 1.165) is 24.8 Å². The molecule has 6 heteroatoms. The van der Waals surface area contributed by atoms with Gasteiger partial charge in [-0.05, 0) is 68.3 Å². The van der Waals surface area contributed by atoms with Crippen LogP contribution in [0.4, 0.5) is 22.0 Å². The van der Waals surface area contributed by atoms with Gasteiger partial charge in [-0.25, -0.2) is 22.0 Å². The van der Waals surface area contributed by atoms with Crippen molar-refractivity contribution in [3.63, 3.8) is 0 Å². The number of hydrogen-bond donors (Lipinski definition) is 0. The molecule has 1 nitrogen and oxygen atoms in total. The van der Waals surface area contributed by atoms with E-state index in [0.29, 0.717) is 36.8 Å². The van der Waals surface area contributed by atoms with Crippen LogP contribution < -0.4 is 4.74 Å². The summed E-state index contributed by atoms with van der Waals surface area (Å²) in [5, 5.41) is 0. The minimum Gasteiger partial charge on any atom is -0.453 e. The molecule has 2 aromatic rings. The summed E-state index contributed by atoms with van der Waals surface area (Å²) in [7, 11) is 0. The summed E-state index contributed by atoms with van der Waals surface area (Å²) >= 11 is 0. The second kappa shape index (κ2) is 10.4. The molecule has 0 atom stereocenters. The van der Waals surface area contributed by atoms with E-state index in [-0.39, 0.29) is 11.5 Å². The van der Waals surface area contributed by atoms with Crippen LogP contribution in [0.25, 0.3) is 0 Å². The van der Waals surface area contributed by atoms with E-state index in [9.17, 15) is 17.6 Å². The first-order chi connectivity index (χ1) is 15.9. The largest absolute Gasteiger partial charge is 0.453 e. The average Bonchev–Trinajstić information content (AvgIpc) is 2.81. The number of halogens is 5. The number of ether oxygens (including phenoxy) is 1. The average molecular weight is 466 g/mol. The fourth-order valence-electron chi connectivity index (χ4n) is 5.89. The third kappa shape index (κ3) is 5.36. The van der Waals surface area contributed by atoms with Crippen molar-refractivity contribution in [2.45, 2.75) is 77.0 Å². The molecule has 0 aliphatic heterocycles. The van der Waals surface area contributed by atoms with Gasteiger partial charge in [-0.15, -0.1) is 0 Å². The Hall–Kier alpha value is -2.11. The molecule has 2 aliphatic carbocycles. The van der Waals surface area contributed by atoms with Crippen molar-refractivity contribution in [2.75, 3.05) is 0 Å². The molecule has 2 fully saturated rings. The highest BCUT2D eigenvalue weighted by molar-refractivity contribution is 5.38. The third-order valence-corrected chi connectivity index (χ3v) is 7.64. The van der Waals surface area contributed by atoms with Crippen molar-refractivity contribution in [3.05, 3.63) is 58.9 Å². The number of rotatable bonds is 6. The minimum absolute atomic E-state index is 0.0584. The summed E-state index contributed by atoms with van der Waals surface area (Å²) in [6, 6.07) is 4.58. The summed E-state index contributed by atoms with van der Waals surface area (Å²) in [6.07, 6.45) is 10.9. The molecule has 0 heterocycles. The molecule has 0 unspecified atom stereocenters. The van der Waals surface area contributed by atoms with Crippen molar-refractivity contribution < 1.29 is 26.7 Å². The zero-order valence-corrected chi connectivity index (χ0v) is 18.9. The predicted octanol–water partition coefficient (Wildman–Crippen LogP) is 8.85. The Morgan fingerprint density at radius 3 is 1.94 bits per heavy atom. The van der Waals surface area contributed by atoms with Crippen molar-refractivity contribution in [3.8, 4) is 11.5 Å². The van der Waals surface area contributed by atoms with Gasteiger partial charge in [0.2, 0.25) is 0 Å². The van der Waals surface area contributed by atoms with Crippen molar-refractivity contribution >= 4 is 0 Å². The molecule has 2 aromatic carbocycles. The van der Waals surface area contributed by atoms with Crippen LogP contribution in [0.5, 0.6) is 11.5 Å². The maximum atomic E-state index is 15.2. The first kappa shape index (κ1) is 24.0. The molecular weight excluding hydrogens is 435 g/mol. The number of benzene rings is 2. The van der Waals surface area contributed by atoms with Gasteiger partial charge < -0.3 is 4.74 Å². The Bertz CT molecular complexity index is 936. The molecule has 0 N–H and O–H groups in total. The highest BCUT2D eigenvalue weighted by atomic mass is 19.2. The van der Waals surface area contributed by atoms with Crippen molar-refractivity contribution in [2.24, 2.45) is 17.8 Å². The number of hydrogen-bond acceptors (Lipinski definition) is 1. The van der Waals surface area contributed by atoms with E-state index >= 15 is 4.39 Å². The second-order valence-corrected chi connectivity index (χ2v) is 9.68.